The number of carbonyl (C=O) groups excluding carboxylic acids is 1. The van der Waals surface area contributed by atoms with Crippen molar-refractivity contribution in [2.45, 2.75) is 19.4 Å². The van der Waals surface area contributed by atoms with Crippen molar-refractivity contribution in [1.82, 2.24) is 19.9 Å². The molecule has 168 valence electrons. The number of pyridine rings is 2. The lowest BCUT2D eigenvalue weighted by molar-refractivity contribution is 0.102. The average molecular weight is 466 g/mol. The Hall–Kier alpha value is -3.68. The number of para-hydroxylation sites is 2. The lowest BCUT2D eigenvalue weighted by atomic mass is 10.1. The minimum atomic E-state index is -0.245. The van der Waals surface area contributed by atoms with Crippen molar-refractivity contribution in [3.63, 3.8) is 0 Å². The first kappa shape index (κ1) is 20.9. The molecule has 6 rings (SSSR count). The summed E-state index contributed by atoms with van der Waals surface area (Å²) in [5, 5.41) is 4.87. The zero-order chi connectivity index (χ0) is 22.9. The van der Waals surface area contributed by atoms with E-state index in [-0.39, 0.29) is 5.91 Å². The van der Waals surface area contributed by atoms with Crippen LogP contribution in [0.1, 0.15) is 28.9 Å². The molecule has 1 N–H and O–H groups in total. The van der Waals surface area contributed by atoms with Crippen LogP contribution < -0.4 is 5.32 Å². The summed E-state index contributed by atoms with van der Waals surface area (Å²) in [6.07, 6.45) is 4.50. The van der Waals surface area contributed by atoms with Gasteiger partial charge in [0.05, 0.1) is 11.2 Å². The van der Waals surface area contributed by atoms with Crippen LogP contribution >= 0.6 is 11.3 Å². The van der Waals surface area contributed by atoms with Crippen molar-refractivity contribution >= 4 is 44.2 Å². The van der Waals surface area contributed by atoms with Gasteiger partial charge in [-0.05, 0) is 61.8 Å². The van der Waals surface area contributed by atoms with E-state index >= 15 is 0 Å². The number of aromatic nitrogens is 3. The molecular weight excluding hydrogens is 442 g/mol. The van der Waals surface area contributed by atoms with Crippen LogP contribution in [0.25, 0.3) is 31.8 Å². The fourth-order valence-electron chi connectivity index (χ4n) is 4.42. The monoisotopic (exact) mass is 465 g/mol. The van der Waals surface area contributed by atoms with Gasteiger partial charge in [-0.2, -0.15) is 0 Å². The van der Waals surface area contributed by atoms with Gasteiger partial charge >= 0.3 is 0 Å². The second-order valence-corrected chi connectivity index (χ2v) is 9.54. The topological polar surface area (TPSA) is 71.0 Å². The smallest absolute Gasteiger partial charge is 0.274 e. The van der Waals surface area contributed by atoms with Gasteiger partial charge in [-0.1, -0.05) is 47.7 Å². The first-order chi connectivity index (χ1) is 16.7. The number of fused-ring (bicyclic) bond motifs is 2. The summed E-state index contributed by atoms with van der Waals surface area (Å²) in [6.45, 7) is 3.22. The molecule has 5 aromatic rings. The van der Waals surface area contributed by atoms with E-state index in [1.807, 2.05) is 60.8 Å². The molecule has 7 heteroatoms. The Balaban J connectivity index is 1.28. The van der Waals surface area contributed by atoms with E-state index in [4.69, 9.17) is 4.98 Å². The van der Waals surface area contributed by atoms with Crippen molar-refractivity contribution in [2.75, 3.05) is 18.4 Å². The Morgan fingerprint density at radius 3 is 2.68 bits per heavy atom. The number of benzene rings is 2. The van der Waals surface area contributed by atoms with Crippen molar-refractivity contribution in [2.24, 2.45) is 0 Å². The van der Waals surface area contributed by atoms with Crippen molar-refractivity contribution in [3.05, 3.63) is 84.2 Å². The van der Waals surface area contributed by atoms with Gasteiger partial charge < -0.3 is 5.32 Å². The summed E-state index contributed by atoms with van der Waals surface area (Å²) in [7, 11) is 0. The maximum absolute atomic E-state index is 13.0. The minimum Gasteiger partial charge on any atom is -0.320 e. The Labute approximate surface area is 201 Å². The normalized spacial score (nSPS) is 14.1. The Bertz CT molecular complexity index is 1510. The lowest BCUT2D eigenvalue weighted by Gasteiger charge is -2.13. The molecule has 2 aromatic carbocycles. The lowest BCUT2D eigenvalue weighted by Crippen LogP contribution is -2.18. The first-order valence-corrected chi connectivity index (χ1v) is 12.3. The molecule has 0 spiro atoms. The molecule has 4 heterocycles. The number of carbonyl (C=O) groups is 1. The fourth-order valence-corrected chi connectivity index (χ4v) is 5.35. The number of nitrogens with zero attached hydrogens (tertiary/aromatic N) is 4. The maximum atomic E-state index is 13.0. The zero-order valence-electron chi connectivity index (χ0n) is 18.6. The molecule has 0 unspecified atom stereocenters. The molecule has 6 nitrogen and oxygen atoms in total. The van der Waals surface area contributed by atoms with Crippen LogP contribution in [-0.2, 0) is 6.54 Å². The number of hydrogen-bond donors (Lipinski definition) is 1. The van der Waals surface area contributed by atoms with E-state index in [2.05, 4.69) is 26.3 Å². The summed E-state index contributed by atoms with van der Waals surface area (Å²) in [5.74, 6) is -0.245. The summed E-state index contributed by atoms with van der Waals surface area (Å²) in [5.41, 5.74) is 4.85. The largest absolute Gasteiger partial charge is 0.320 e. The van der Waals surface area contributed by atoms with Crippen molar-refractivity contribution < 1.29 is 4.79 Å². The molecule has 1 aliphatic rings. The average Bonchev–Trinajstić information content (AvgIpc) is 3.53. The van der Waals surface area contributed by atoms with Crippen LogP contribution in [0.3, 0.4) is 0 Å². The molecule has 0 radical (unpaired) electrons. The van der Waals surface area contributed by atoms with Gasteiger partial charge in [-0.15, -0.1) is 0 Å². The van der Waals surface area contributed by atoms with Gasteiger partial charge in [0.1, 0.15) is 21.0 Å². The third kappa shape index (κ3) is 4.16. The molecule has 34 heavy (non-hydrogen) atoms. The second-order valence-electron chi connectivity index (χ2n) is 8.56. The molecule has 1 fully saturated rings. The van der Waals surface area contributed by atoms with Crippen molar-refractivity contribution in [3.8, 4) is 10.6 Å². The predicted molar refractivity (Wildman–Crippen MR) is 137 cm³/mol. The summed E-state index contributed by atoms with van der Waals surface area (Å²) >= 11 is 1.54. The van der Waals surface area contributed by atoms with Crippen LogP contribution in [0, 0.1) is 0 Å². The van der Waals surface area contributed by atoms with E-state index in [0.717, 1.165) is 51.5 Å². The highest BCUT2D eigenvalue weighted by Gasteiger charge is 2.16. The minimum absolute atomic E-state index is 0.245. The molecule has 3 aromatic heterocycles. The standard InChI is InChI=1S/C27H23N5OS/c33-25(23-12-11-19-7-1-3-9-21(19)29-23)30-22-10-4-2-8-20(22)26-31-24-15-18(16-28-27(24)34-26)17-32-13-5-6-14-32/h1-4,7-12,15-16H,5-6,13-14,17H2,(H,30,33). The highest BCUT2D eigenvalue weighted by molar-refractivity contribution is 7.21. The van der Waals surface area contributed by atoms with Crippen LogP contribution in [0.2, 0.25) is 0 Å². The van der Waals surface area contributed by atoms with Crippen LogP contribution in [0.5, 0.6) is 0 Å². The van der Waals surface area contributed by atoms with Gasteiger partial charge in [-0.3, -0.25) is 9.69 Å². The maximum Gasteiger partial charge on any atom is 0.274 e. The molecule has 0 atom stereocenters. The number of thiazole rings is 1. The SMILES string of the molecule is O=C(Nc1ccccc1-c1nc2cc(CN3CCCC3)cnc2s1)c1ccc2ccccc2n1. The summed E-state index contributed by atoms with van der Waals surface area (Å²) in [6, 6.07) is 21.3. The van der Waals surface area contributed by atoms with E-state index in [0.29, 0.717) is 11.4 Å². The molecule has 0 bridgehead atoms. The van der Waals surface area contributed by atoms with E-state index in [9.17, 15) is 4.79 Å². The van der Waals surface area contributed by atoms with Gasteiger partial charge in [0.2, 0.25) is 0 Å². The Morgan fingerprint density at radius 1 is 0.941 bits per heavy atom. The van der Waals surface area contributed by atoms with Gasteiger partial charge in [-0.25, -0.2) is 15.0 Å². The highest BCUT2D eigenvalue weighted by atomic mass is 32.1. The zero-order valence-corrected chi connectivity index (χ0v) is 19.4. The van der Waals surface area contributed by atoms with Gasteiger partial charge in [0.15, 0.2) is 0 Å². The van der Waals surface area contributed by atoms with E-state index in [1.165, 1.54) is 29.7 Å². The third-order valence-corrected chi connectivity index (χ3v) is 7.16. The first-order valence-electron chi connectivity index (χ1n) is 11.5. The number of hydrogen-bond acceptors (Lipinski definition) is 6. The Morgan fingerprint density at radius 2 is 1.76 bits per heavy atom. The van der Waals surface area contributed by atoms with Gasteiger partial charge in [0.25, 0.3) is 5.91 Å². The van der Waals surface area contributed by atoms with Crippen LogP contribution in [0.4, 0.5) is 5.69 Å². The van der Waals surface area contributed by atoms with E-state index in [1.54, 1.807) is 6.07 Å². The Kier molecular flexibility index (Phi) is 5.49. The predicted octanol–water partition coefficient (Wildman–Crippen LogP) is 5.75. The fraction of sp³-hybridized carbons (Fsp3) is 0.185. The third-order valence-electron chi connectivity index (χ3n) is 6.15. The number of nitrogens with one attached hydrogen (secondary N) is 1. The van der Waals surface area contributed by atoms with Crippen LogP contribution in [-0.4, -0.2) is 38.8 Å². The van der Waals surface area contributed by atoms with Crippen molar-refractivity contribution in [1.29, 1.82) is 0 Å². The molecule has 1 saturated heterocycles. The second kappa shape index (κ2) is 8.93. The summed E-state index contributed by atoms with van der Waals surface area (Å²) in [4.78, 5) is 30.4. The van der Waals surface area contributed by atoms with Crippen LogP contribution in [0.15, 0.2) is 72.9 Å². The molecule has 1 aliphatic heterocycles. The quantitative estimate of drug-likeness (QED) is 0.358. The number of amides is 1. The molecule has 0 aliphatic carbocycles. The number of rotatable bonds is 5. The molecular formula is C27H23N5OS. The summed E-state index contributed by atoms with van der Waals surface area (Å²) < 4.78 is 0. The van der Waals surface area contributed by atoms with E-state index < -0.39 is 0 Å². The number of likely N-dealkylation sites (tertiary alicyclic amines) is 1. The highest BCUT2D eigenvalue weighted by Crippen LogP contribution is 2.34. The number of anilines is 1. The molecule has 1 amide bonds. The van der Waals surface area contributed by atoms with Gasteiger partial charge in [0, 0.05) is 23.7 Å². The molecule has 0 saturated carbocycles.